The first-order valence-corrected chi connectivity index (χ1v) is 6.31. The van der Waals surface area contributed by atoms with Crippen LogP contribution in [0.4, 0.5) is 10.5 Å². The van der Waals surface area contributed by atoms with E-state index in [0.717, 1.165) is 19.5 Å². The summed E-state index contributed by atoms with van der Waals surface area (Å²) in [5, 5.41) is 9.31. The monoisotopic (exact) mass is 265 g/mol. The summed E-state index contributed by atoms with van der Waals surface area (Å²) in [4.78, 5) is 11.7. The predicted octanol–water partition coefficient (Wildman–Crippen LogP) is 2.38. The first-order valence-electron chi connectivity index (χ1n) is 5.94. The molecular formula is C13H16ClN3O. The minimum atomic E-state index is -0.234. The highest BCUT2D eigenvalue weighted by molar-refractivity contribution is 6.33. The maximum absolute atomic E-state index is 11.7. The summed E-state index contributed by atoms with van der Waals surface area (Å²) in [6, 6.07) is 6.93. The summed E-state index contributed by atoms with van der Waals surface area (Å²) < 4.78 is 0. The quantitative estimate of drug-likeness (QED) is 0.735. The summed E-state index contributed by atoms with van der Waals surface area (Å²) in [6.07, 6.45) is 3.09. The van der Waals surface area contributed by atoms with Crippen LogP contribution in [0.5, 0.6) is 0 Å². The van der Waals surface area contributed by atoms with Gasteiger partial charge in [-0.1, -0.05) is 35.4 Å². The van der Waals surface area contributed by atoms with E-state index < -0.39 is 0 Å². The molecule has 0 saturated heterocycles. The molecule has 1 heterocycles. The Hall–Kier alpha value is -1.52. The smallest absolute Gasteiger partial charge is 0.319 e. The fraction of sp³-hybridized carbons (Fsp3) is 0.308. The van der Waals surface area contributed by atoms with Crippen molar-refractivity contribution >= 4 is 23.3 Å². The van der Waals surface area contributed by atoms with E-state index >= 15 is 0 Å². The molecule has 1 aliphatic rings. The molecule has 0 atom stereocenters. The lowest BCUT2D eigenvalue weighted by Crippen LogP contribution is -2.32. The standard InChI is InChI=1S/C13H16ClN3O/c14-11-3-1-2-4-12(11)17-13(18)16-9-10-5-7-15-8-6-10/h1-5,15H,6-9H2,(H2,16,17,18). The summed E-state index contributed by atoms with van der Waals surface area (Å²) in [6.45, 7) is 2.43. The number of hydrogen-bond acceptors (Lipinski definition) is 2. The number of hydrogen-bond donors (Lipinski definition) is 3. The summed E-state index contributed by atoms with van der Waals surface area (Å²) >= 11 is 5.96. The Bertz CT molecular complexity index is 459. The van der Waals surface area contributed by atoms with E-state index in [1.165, 1.54) is 5.57 Å². The first kappa shape index (κ1) is 12.9. The highest BCUT2D eigenvalue weighted by Crippen LogP contribution is 2.20. The molecule has 1 aromatic carbocycles. The molecule has 18 heavy (non-hydrogen) atoms. The Morgan fingerprint density at radius 2 is 2.22 bits per heavy atom. The van der Waals surface area contributed by atoms with Gasteiger partial charge in [-0.05, 0) is 25.1 Å². The van der Waals surface area contributed by atoms with Crippen molar-refractivity contribution < 1.29 is 4.79 Å². The second-order valence-corrected chi connectivity index (χ2v) is 4.51. The largest absolute Gasteiger partial charge is 0.334 e. The second kappa shape index (κ2) is 6.42. The van der Waals surface area contributed by atoms with Crippen molar-refractivity contribution in [2.24, 2.45) is 0 Å². The van der Waals surface area contributed by atoms with Crippen molar-refractivity contribution in [3.63, 3.8) is 0 Å². The lowest BCUT2D eigenvalue weighted by molar-refractivity contribution is 0.252. The van der Waals surface area contributed by atoms with E-state index in [4.69, 9.17) is 11.6 Å². The number of anilines is 1. The van der Waals surface area contributed by atoms with Crippen molar-refractivity contribution in [3.05, 3.63) is 40.9 Å². The third-order valence-corrected chi connectivity index (χ3v) is 3.09. The van der Waals surface area contributed by atoms with Gasteiger partial charge >= 0.3 is 6.03 Å². The van der Waals surface area contributed by atoms with Crippen LogP contribution >= 0.6 is 11.6 Å². The van der Waals surface area contributed by atoms with Gasteiger partial charge in [-0.25, -0.2) is 4.79 Å². The summed E-state index contributed by atoms with van der Waals surface area (Å²) in [7, 11) is 0. The highest BCUT2D eigenvalue weighted by Gasteiger charge is 2.07. The third-order valence-electron chi connectivity index (χ3n) is 2.76. The highest BCUT2D eigenvalue weighted by atomic mass is 35.5. The van der Waals surface area contributed by atoms with Crippen LogP contribution in [0.15, 0.2) is 35.9 Å². The number of carbonyl (C=O) groups excluding carboxylic acids is 1. The lowest BCUT2D eigenvalue weighted by Gasteiger charge is -2.15. The summed E-state index contributed by atoms with van der Waals surface area (Å²) in [5.41, 5.74) is 1.87. The van der Waals surface area contributed by atoms with Gasteiger partial charge in [0.25, 0.3) is 0 Å². The van der Waals surface area contributed by atoms with Crippen LogP contribution in [-0.4, -0.2) is 25.7 Å². The number of nitrogens with one attached hydrogen (secondary N) is 3. The molecule has 5 heteroatoms. The van der Waals surface area contributed by atoms with E-state index in [2.05, 4.69) is 22.0 Å². The number of urea groups is 1. The molecule has 2 amide bonds. The fourth-order valence-corrected chi connectivity index (χ4v) is 1.94. The van der Waals surface area contributed by atoms with Gasteiger partial charge in [-0.2, -0.15) is 0 Å². The van der Waals surface area contributed by atoms with Crippen molar-refractivity contribution in [3.8, 4) is 0 Å². The molecule has 0 spiro atoms. The molecule has 4 nitrogen and oxygen atoms in total. The normalized spacial score (nSPS) is 14.8. The van der Waals surface area contributed by atoms with Crippen molar-refractivity contribution in [1.82, 2.24) is 10.6 Å². The number of amides is 2. The average Bonchev–Trinajstić information content (AvgIpc) is 2.40. The number of para-hydroxylation sites is 1. The zero-order valence-corrected chi connectivity index (χ0v) is 10.8. The van der Waals surface area contributed by atoms with Crippen LogP contribution in [0, 0.1) is 0 Å². The topological polar surface area (TPSA) is 53.2 Å². The molecule has 0 unspecified atom stereocenters. The summed E-state index contributed by atoms with van der Waals surface area (Å²) in [5.74, 6) is 0. The Balaban J connectivity index is 1.82. The Morgan fingerprint density at radius 1 is 1.39 bits per heavy atom. The van der Waals surface area contributed by atoms with E-state index in [9.17, 15) is 4.79 Å². The molecule has 96 valence electrons. The van der Waals surface area contributed by atoms with E-state index in [1.807, 2.05) is 12.1 Å². The van der Waals surface area contributed by atoms with Gasteiger partial charge < -0.3 is 16.0 Å². The van der Waals surface area contributed by atoms with Crippen LogP contribution in [0.3, 0.4) is 0 Å². The molecule has 2 rings (SSSR count). The van der Waals surface area contributed by atoms with Crippen LogP contribution < -0.4 is 16.0 Å². The van der Waals surface area contributed by atoms with Crippen LogP contribution in [-0.2, 0) is 0 Å². The van der Waals surface area contributed by atoms with Gasteiger partial charge in [0.1, 0.15) is 0 Å². The maximum Gasteiger partial charge on any atom is 0.319 e. The molecule has 0 radical (unpaired) electrons. The van der Waals surface area contributed by atoms with E-state index in [0.29, 0.717) is 17.3 Å². The van der Waals surface area contributed by atoms with Crippen molar-refractivity contribution in [2.45, 2.75) is 6.42 Å². The maximum atomic E-state index is 11.7. The molecule has 0 fully saturated rings. The van der Waals surface area contributed by atoms with Gasteiger partial charge in [0.15, 0.2) is 0 Å². The SMILES string of the molecule is O=C(NCC1=CCNCC1)Nc1ccccc1Cl. The van der Waals surface area contributed by atoms with Gasteiger partial charge in [-0.3, -0.25) is 0 Å². The van der Waals surface area contributed by atoms with Crippen molar-refractivity contribution in [1.29, 1.82) is 0 Å². The minimum Gasteiger partial charge on any atom is -0.334 e. The molecule has 0 aliphatic carbocycles. The van der Waals surface area contributed by atoms with Crippen LogP contribution in [0.1, 0.15) is 6.42 Å². The molecule has 1 aliphatic heterocycles. The van der Waals surface area contributed by atoms with Crippen LogP contribution in [0.2, 0.25) is 5.02 Å². The van der Waals surface area contributed by atoms with Crippen molar-refractivity contribution in [2.75, 3.05) is 25.0 Å². The number of benzene rings is 1. The van der Waals surface area contributed by atoms with Gasteiger partial charge in [-0.15, -0.1) is 0 Å². The van der Waals surface area contributed by atoms with Crippen LogP contribution in [0.25, 0.3) is 0 Å². The van der Waals surface area contributed by atoms with Gasteiger partial charge in [0.05, 0.1) is 10.7 Å². The zero-order chi connectivity index (χ0) is 12.8. The lowest BCUT2D eigenvalue weighted by atomic mass is 10.1. The minimum absolute atomic E-state index is 0.234. The number of rotatable bonds is 3. The molecule has 1 aromatic rings. The van der Waals surface area contributed by atoms with E-state index in [1.54, 1.807) is 12.1 Å². The second-order valence-electron chi connectivity index (χ2n) is 4.10. The number of carbonyl (C=O) groups is 1. The molecule has 0 aromatic heterocycles. The zero-order valence-electron chi connectivity index (χ0n) is 10.0. The third kappa shape index (κ3) is 3.75. The molecular weight excluding hydrogens is 250 g/mol. The fourth-order valence-electron chi connectivity index (χ4n) is 1.75. The average molecular weight is 266 g/mol. The Kier molecular flexibility index (Phi) is 4.61. The molecule has 0 bridgehead atoms. The Morgan fingerprint density at radius 3 is 2.94 bits per heavy atom. The molecule has 3 N–H and O–H groups in total. The predicted molar refractivity (Wildman–Crippen MR) is 74.0 cm³/mol. The Labute approximate surface area is 111 Å². The molecule has 0 saturated carbocycles. The number of halogens is 1. The first-order chi connectivity index (χ1) is 8.75. The van der Waals surface area contributed by atoms with E-state index in [-0.39, 0.29) is 6.03 Å². The van der Waals surface area contributed by atoms with Gasteiger partial charge in [0, 0.05) is 13.1 Å². The van der Waals surface area contributed by atoms with Gasteiger partial charge in [0.2, 0.25) is 0 Å².